The average molecular weight is 531 g/mol. The molecule has 5 aromatic rings. The van der Waals surface area contributed by atoms with Crippen LogP contribution < -0.4 is 16.2 Å². The van der Waals surface area contributed by atoms with E-state index in [9.17, 15) is 14.4 Å². The Morgan fingerprint density at radius 2 is 1.82 bits per heavy atom. The maximum Gasteiger partial charge on any atom is 0.267 e. The van der Waals surface area contributed by atoms with Crippen LogP contribution in [0.3, 0.4) is 0 Å². The molecule has 0 saturated heterocycles. The Morgan fingerprint density at radius 3 is 2.60 bits per heavy atom. The van der Waals surface area contributed by atoms with E-state index in [0.29, 0.717) is 44.8 Å². The van der Waals surface area contributed by atoms with Crippen LogP contribution in [0.15, 0.2) is 77.9 Å². The van der Waals surface area contributed by atoms with Crippen molar-refractivity contribution in [1.82, 2.24) is 30.2 Å². The SMILES string of the molecule is CC(=O)NCC#Cc1cccc2nc([C@@H](C)NC(=O)c3c(C)ncc4cccnc34)n(-c3ccccc3)c(=O)c12. The standard InChI is InChI=1S/C31H26N6O3/c1-19-26(28-23(18-34-19)12-9-17-33-28)30(39)35-20(2)29-36-25-15-7-10-22(11-8-16-32-21(3)38)27(25)31(40)37(29)24-13-5-4-6-14-24/h4-7,9-10,12-15,17-18,20H,16H2,1-3H3,(H,32,38)(H,35,39)/t20-/m1/s1. The lowest BCUT2D eigenvalue weighted by Crippen LogP contribution is -2.34. The molecule has 0 aliphatic rings. The first-order chi connectivity index (χ1) is 19.3. The van der Waals surface area contributed by atoms with E-state index in [2.05, 4.69) is 32.4 Å². The van der Waals surface area contributed by atoms with Crippen LogP contribution in [-0.2, 0) is 4.79 Å². The number of rotatable bonds is 5. The molecule has 2 amide bonds. The zero-order valence-electron chi connectivity index (χ0n) is 22.2. The molecular weight excluding hydrogens is 504 g/mol. The Balaban J connectivity index is 1.62. The molecule has 0 fully saturated rings. The second kappa shape index (κ2) is 11.2. The van der Waals surface area contributed by atoms with Crippen molar-refractivity contribution < 1.29 is 9.59 Å². The number of benzene rings is 2. The minimum absolute atomic E-state index is 0.157. The van der Waals surface area contributed by atoms with Gasteiger partial charge in [-0.2, -0.15) is 0 Å². The molecule has 0 saturated carbocycles. The summed E-state index contributed by atoms with van der Waals surface area (Å²) in [6, 6.07) is 17.4. The summed E-state index contributed by atoms with van der Waals surface area (Å²) in [7, 11) is 0. The normalized spacial score (nSPS) is 11.5. The third-order valence-electron chi connectivity index (χ3n) is 6.38. The summed E-state index contributed by atoms with van der Waals surface area (Å²) in [4.78, 5) is 52.4. The molecule has 5 rings (SSSR count). The summed E-state index contributed by atoms with van der Waals surface area (Å²) in [6.45, 7) is 5.11. The van der Waals surface area contributed by atoms with Gasteiger partial charge in [-0.3, -0.25) is 28.9 Å². The number of carbonyl (C=O) groups excluding carboxylic acids is 2. The number of aromatic nitrogens is 4. The van der Waals surface area contributed by atoms with E-state index in [4.69, 9.17) is 4.98 Å². The van der Waals surface area contributed by atoms with E-state index in [-0.39, 0.29) is 23.9 Å². The number of amides is 2. The van der Waals surface area contributed by atoms with Crippen LogP contribution in [0.4, 0.5) is 0 Å². The summed E-state index contributed by atoms with van der Waals surface area (Å²) in [6.07, 6.45) is 3.32. The van der Waals surface area contributed by atoms with Crippen molar-refractivity contribution in [3.63, 3.8) is 0 Å². The lowest BCUT2D eigenvalue weighted by molar-refractivity contribution is -0.118. The van der Waals surface area contributed by atoms with Gasteiger partial charge in [-0.05, 0) is 50.2 Å². The summed E-state index contributed by atoms with van der Waals surface area (Å²) >= 11 is 0. The Kier molecular flexibility index (Phi) is 7.33. The predicted molar refractivity (Wildman–Crippen MR) is 153 cm³/mol. The minimum atomic E-state index is -0.655. The fraction of sp³-hybridized carbons (Fsp3) is 0.161. The molecule has 2 N–H and O–H groups in total. The second-order valence-corrected chi connectivity index (χ2v) is 9.21. The molecule has 3 aromatic heterocycles. The van der Waals surface area contributed by atoms with Gasteiger partial charge < -0.3 is 10.6 Å². The highest BCUT2D eigenvalue weighted by Crippen LogP contribution is 2.22. The van der Waals surface area contributed by atoms with Crippen molar-refractivity contribution in [2.24, 2.45) is 0 Å². The molecule has 0 spiro atoms. The van der Waals surface area contributed by atoms with Gasteiger partial charge in [0.15, 0.2) is 0 Å². The number of hydrogen-bond acceptors (Lipinski definition) is 6. The van der Waals surface area contributed by atoms with Crippen molar-refractivity contribution in [2.45, 2.75) is 26.8 Å². The van der Waals surface area contributed by atoms with Gasteiger partial charge in [0.25, 0.3) is 11.5 Å². The molecule has 40 heavy (non-hydrogen) atoms. The molecule has 198 valence electrons. The third kappa shape index (κ3) is 5.15. The van der Waals surface area contributed by atoms with E-state index >= 15 is 0 Å². The van der Waals surface area contributed by atoms with Crippen LogP contribution in [0.5, 0.6) is 0 Å². The van der Waals surface area contributed by atoms with Crippen molar-refractivity contribution in [1.29, 1.82) is 0 Å². The highest BCUT2D eigenvalue weighted by Gasteiger charge is 2.23. The van der Waals surface area contributed by atoms with Crippen LogP contribution in [0.1, 0.15) is 47.3 Å². The smallest absolute Gasteiger partial charge is 0.267 e. The maximum atomic E-state index is 14.1. The molecule has 1 atom stereocenters. The third-order valence-corrected chi connectivity index (χ3v) is 6.38. The van der Waals surface area contributed by atoms with Gasteiger partial charge in [0, 0.05) is 30.3 Å². The van der Waals surface area contributed by atoms with Gasteiger partial charge >= 0.3 is 0 Å². The highest BCUT2D eigenvalue weighted by molar-refractivity contribution is 6.06. The summed E-state index contributed by atoms with van der Waals surface area (Å²) in [5, 5.41) is 6.73. The van der Waals surface area contributed by atoms with E-state index in [1.807, 2.05) is 24.3 Å². The van der Waals surface area contributed by atoms with Gasteiger partial charge in [-0.25, -0.2) is 4.98 Å². The minimum Gasteiger partial charge on any atom is -0.345 e. The Bertz CT molecular complexity index is 1890. The topological polar surface area (TPSA) is 119 Å². The van der Waals surface area contributed by atoms with Crippen molar-refractivity contribution in [3.05, 3.63) is 106 Å². The largest absolute Gasteiger partial charge is 0.345 e. The molecule has 9 heteroatoms. The first-order valence-corrected chi connectivity index (χ1v) is 12.7. The number of carbonyl (C=O) groups is 2. The Morgan fingerprint density at radius 1 is 1.02 bits per heavy atom. The summed E-state index contributed by atoms with van der Waals surface area (Å²) < 4.78 is 1.50. The van der Waals surface area contributed by atoms with Gasteiger partial charge in [-0.1, -0.05) is 36.1 Å². The number of nitrogens with one attached hydrogen (secondary N) is 2. The quantitative estimate of drug-likeness (QED) is 0.335. The van der Waals surface area contributed by atoms with E-state index in [1.165, 1.54) is 11.5 Å². The average Bonchev–Trinajstić information content (AvgIpc) is 2.95. The molecule has 0 bridgehead atoms. The van der Waals surface area contributed by atoms with Crippen LogP contribution >= 0.6 is 0 Å². The van der Waals surface area contributed by atoms with E-state index in [0.717, 1.165) is 5.39 Å². The van der Waals surface area contributed by atoms with E-state index < -0.39 is 6.04 Å². The number of para-hydroxylation sites is 1. The van der Waals surface area contributed by atoms with Crippen molar-refractivity contribution in [3.8, 4) is 17.5 Å². The fourth-order valence-electron chi connectivity index (χ4n) is 4.51. The summed E-state index contributed by atoms with van der Waals surface area (Å²) in [5.74, 6) is 5.68. The predicted octanol–water partition coefficient (Wildman–Crippen LogP) is 3.62. The molecule has 0 radical (unpaired) electrons. The zero-order valence-corrected chi connectivity index (χ0v) is 22.2. The number of aryl methyl sites for hydroxylation is 1. The van der Waals surface area contributed by atoms with Crippen LogP contribution in [0, 0.1) is 18.8 Å². The van der Waals surface area contributed by atoms with E-state index in [1.54, 1.807) is 62.6 Å². The maximum absolute atomic E-state index is 14.1. The fourth-order valence-corrected chi connectivity index (χ4v) is 4.51. The monoisotopic (exact) mass is 530 g/mol. The van der Waals surface area contributed by atoms with Crippen molar-refractivity contribution >= 4 is 33.6 Å². The molecule has 9 nitrogen and oxygen atoms in total. The number of hydrogen-bond donors (Lipinski definition) is 2. The van der Waals surface area contributed by atoms with Crippen molar-refractivity contribution in [2.75, 3.05) is 6.54 Å². The second-order valence-electron chi connectivity index (χ2n) is 9.21. The molecule has 0 aliphatic heterocycles. The molecule has 3 heterocycles. The molecule has 0 unspecified atom stereocenters. The van der Waals surface area contributed by atoms with Crippen LogP contribution in [0.2, 0.25) is 0 Å². The number of pyridine rings is 2. The number of fused-ring (bicyclic) bond motifs is 2. The molecule has 0 aliphatic carbocycles. The highest BCUT2D eigenvalue weighted by atomic mass is 16.2. The molecular formula is C31H26N6O3. The molecule has 2 aromatic carbocycles. The first kappa shape index (κ1) is 26.3. The van der Waals surface area contributed by atoms with Gasteiger partial charge in [0.1, 0.15) is 5.82 Å². The lowest BCUT2D eigenvalue weighted by Gasteiger charge is -2.20. The summed E-state index contributed by atoms with van der Waals surface area (Å²) in [5.41, 5.74) is 2.70. The number of nitrogens with zero attached hydrogens (tertiary/aromatic N) is 4. The Hall–Kier alpha value is -5.36. The van der Waals surface area contributed by atoms with Gasteiger partial charge in [0.2, 0.25) is 5.91 Å². The van der Waals surface area contributed by atoms with Gasteiger partial charge in [0.05, 0.1) is 46.0 Å². The first-order valence-electron chi connectivity index (χ1n) is 12.7. The Labute approximate surface area is 230 Å². The van der Waals surface area contributed by atoms with Crippen LogP contribution in [-0.4, -0.2) is 37.9 Å². The van der Waals surface area contributed by atoms with Gasteiger partial charge in [-0.15, -0.1) is 0 Å². The zero-order chi connectivity index (χ0) is 28.2. The van der Waals surface area contributed by atoms with Crippen LogP contribution in [0.25, 0.3) is 27.5 Å². The lowest BCUT2D eigenvalue weighted by atomic mass is 10.1.